The first-order chi connectivity index (χ1) is 13.8. The van der Waals surface area contributed by atoms with Crippen molar-refractivity contribution in [2.45, 2.75) is 58.3 Å². The smallest absolute Gasteiger partial charge is 0.316 e. The Hall–Kier alpha value is -3.03. The third kappa shape index (κ3) is 6.81. The fourth-order valence-electron chi connectivity index (χ4n) is 3.21. The first-order valence-electron chi connectivity index (χ1n) is 9.62. The van der Waals surface area contributed by atoms with Crippen LogP contribution in [-0.2, 0) is 16.0 Å². The number of carbonyl (C=O) groups excluding carboxylic acids is 1. The molecule has 2 heterocycles. The maximum absolute atomic E-state index is 12.4. The third-order valence-electron chi connectivity index (χ3n) is 4.86. The summed E-state index contributed by atoms with van der Waals surface area (Å²) in [7, 11) is 1.45. The number of anilines is 1. The Morgan fingerprint density at radius 3 is 2.45 bits per heavy atom. The molecule has 156 valence electrons. The average Bonchev–Trinajstić information content (AvgIpc) is 2.68. The van der Waals surface area contributed by atoms with Crippen LogP contribution in [0.3, 0.4) is 0 Å². The molecule has 0 saturated heterocycles. The lowest BCUT2D eigenvalue weighted by Crippen LogP contribution is -2.12. The van der Waals surface area contributed by atoms with Crippen LogP contribution >= 0.6 is 0 Å². The Balaban J connectivity index is 1.87. The van der Waals surface area contributed by atoms with E-state index in [2.05, 4.69) is 15.0 Å². The summed E-state index contributed by atoms with van der Waals surface area (Å²) in [6, 6.07) is 2.23. The molecule has 0 saturated carbocycles. The van der Waals surface area contributed by atoms with Crippen LogP contribution < -0.4 is 10.5 Å². The lowest BCUT2D eigenvalue weighted by Gasteiger charge is -2.14. The highest BCUT2D eigenvalue weighted by Crippen LogP contribution is 2.25. The van der Waals surface area contributed by atoms with E-state index in [4.69, 9.17) is 10.5 Å². The molecule has 8 heteroatoms. The maximum Gasteiger partial charge on any atom is 0.316 e. The monoisotopic (exact) mass is 400 g/mol. The molecule has 0 radical (unpaired) electrons. The van der Waals surface area contributed by atoms with Gasteiger partial charge in [-0.2, -0.15) is 0 Å². The highest BCUT2D eigenvalue weighted by Gasteiger charge is 2.20. The van der Waals surface area contributed by atoms with Crippen molar-refractivity contribution in [3.63, 3.8) is 0 Å². The second-order valence-electron chi connectivity index (χ2n) is 7.20. The van der Waals surface area contributed by atoms with E-state index in [9.17, 15) is 14.7 Å². The number of carbonyl (C=O) groups is 2. The van der Waals surface area contributed by atoms with Gasteiger partial charge in [0.1, 0.15) is 11.6 Å². The van der Waals surface area contributed by atoms with Gasteiger partial charge in [-0.3, -0.25) is 9.59 Å². The second-order valence-corrected chi connectivity index (χ2v) is 7.20. The van der Waals surface area contributed by atoms with Gasteiger partial charge in [0.05, 0.1) is 13.5 Å². The van der Waals surface area contributed by atoms with E-state index in [0.29, 0.717) is 24.2 Å². The molecule has 0 aromatic carbocycles. The number of aromatic nitrogens is 3. The lowest BCUT2D eigenvalue weighted by molar-refractivity contribution is -0.137. The van der Waals surface area contributed by atoms with Crippen LogP contribution in [0.4, 0.5) is 5.82 Å². The van der Waals surface area contributed by atoms with E-state index in [1.807, 2.05) is 19.9 Å². The Bertz CT molecular complexity index is 853. The number of nitrogens with zero attached hydrogens (tertiary/aromatic N) is 3. The number of nitrogens with two attached hydrogens (primary N) is 1. The Kier molecular flexibility index (Phi) is 8.06. The summed E-state index contributed by atoms with van der Waals surface area (Å²) in [5.74, 6) is -0.844. The summed E-state index contributed by atoms with van der Waals surface area (Å²) in [6.07, 6.45) is 5.72. The molecular weight excluding hydrogens is 372 g/mol. The SMILES string of the molecule is COc1ncc(C(CC(=O)O)CC(=O)CCCCc2nc(N)c(C)cc2C)cn1. The van der Waals surface area contributed by atoms with E-state index in [1.54, 1.807) is 0 Å². The second kappa shape index (κ2) is 10.5. The van der Waals surface area contributed by atoms with Crippen molar-refractivity contribution in [3.05, 3.63) is 40.8 Å². The lowest BCUT2D eigenvalue weighted by atomic mass is 9.91. The molecule has 0 fully saturated rings. The Morgan fingerprint density at radius 2 is 1.83 bits per heavy atom. The van der Waals surface area contributed by atoms with Gasteiger partial charge in [-0.05, 0) is 49.8 Å². The molecule has 2 aromatic heterocycles. The highest BCUT2D eigenvalue weighted by atomic mass is 16.5. The number of carboxylic acids is 1. The van der Waals surface area contributed by atoms with Crippen molar-refractivity contribution in [2.75, 3.05) is 12.8 Å². The molecular formula is C21H28N4O4. The Labute approximate surface area is 170 Å². The van der Waals surface area contributed by atoms with Crippen molar-refractivity contribution in [2.24, 2.45) is 0 Å². The largest absolute Gasteiger partial charge is 0.481 e. The fraction of sp³-hybridized carbons (Fsp3) is 0.476. The van der Waals surface area contributed by atoms with Crippen molar-refractivity contribution >= 4 is 17.6 Å². The van der Waals surface area contributed by atoms with Crippen LogP contribution in [0, 0.1) is 13.8 Å². The molecule has 3 N–H and O–H groups in total. The molecule has 8 nitrogen and oxygen atoms in total. The number of Topliss-reactive ketones (excluding diaryl/α,β-unsaturated/α-hetero) is 1. The fourth-order valence-corrected chi connectivity index (χ4v) is 3.21. The zero-order valence-corrected chi connectivity index (χ0v) is 17.1. The summed E-state index contributed by atoms with van der Waals surface area (Å²) >= 11 is 0. The van der Waals surface area contributed by atoms with Crippen LogP contribution in [0.2, 0.25) is 0 Å². The molecule has 0 spiro atoms. The number of ketones is 1. The summed E-state index contributed by atoms with van der Waals surface area (Å²) in [4.78, 5) is 36.1. The van der Waals surface area contributed by atoms with Crippen molar-refractivity contribution in [1.29, 1.82) is 0 Å². The minimum atomic E-state index is -0.961. The zero-order chi connectivity index (χ0) is 21.4. The van der Waals surface area contributed by atoms with E-state index in [1.165, 1.54) is 19.5 Å². The van der Waals surface area contributed by atoms with Crippen LogP contribution in [0.25, 0.3) is 0 Å². The topological polar surface area (TPSA) is 128 Å². The van der Waals surface area contributed by atoms with Gasteiger partial charge in [0.2, 0.25) is 0 Å². The molecule has 0 aliphatic heterocycles. The number of aliphatic carboxylic acids is 1. The molecule has 0 amide bonds. The van der Waals surface area contributed by atoms with Gasteiger partial charge in [0.15, 0.2) is 0 Å². The van der Waals surface area contributed by atoms with Gasteiger partial charge < -0.3 is 15.6 Å². The minimum absolute atomic E-state index is 0.0279. The molecule has 1 unspecified atom stereocenters. The Morgan fingerprint density at radius 1 is 1.14 bits per heavy atom. The van der Waals surface area contributed by atoms with Crippen molar-refractivity contribution in [1.82, 2.24) is 15.0 Å². The zero-order valence-electron chi connectivity index (χ0n) is 17.1. The van der Waals surface area contributed by atoms with Crippen LogP contribution in [-0.4, -0.2) is 38.9 Å². The van der Waals surface area contributed by atoms with Gasteiger partial charge in [-0.1, -0.05) is 6.07 Å². The minimum Gasteiger partial charge on any atom is -0.481 e. The molecule has 0 aliphatic carbocycles. The maximum atomic E-state index is 12.4. The van der Waals surface area contributed by atoms with Gasteiger partial charge in [-0.15, -0.1) is 0 Å². The number of pyridine rings is 1. The van der Waals surface area contributed by atoms with E-state index in [0.717, 1.165) is 29.7 Å². The van der Waals surface area contributed by atoms with E-state index in [-0.39, 0.29) is 24.6 Å². The number of methoxy groups -OCH3 is 1. The molecule has 29 heavy (non-hydrogen) atoms. The van der Waals surface area contributed by atoms with Crippen molar-refractivity contribution < 1.29 is 19.4 Å². The number of hydrogen-bond acceptors (Lipinski definition) is 7. The number of nitrogen functional groups attached to an aromatic ring is 1. The van der Waals surface area contributed by atoms with E-state index >= 15 is 0 Å². The van der Waals surface area contributed by atoms with Gasteiger partial charge in [-0.25, -0.2) is 15.0 Å². The number of carboxylic acid groups (broad SMARTS) is 1. The van der Waals surface area contributed by atoms with Gasteiger partial charge in [0, 0.05) is 36.8 Å². The highest BCUT2D eigenvalue weighted by molar-refractivity contribution is 5.80. The summed E-state index contributed by atoms with van der Waals surface area (Å²) in [5.41, 5.74) is 9.53. The number of rotatable bonds is 11. The van der Waals surface area contributed by atoms with Gasteiger partial charge in [0.25, 0.3) is 0 Å². The molecule has 0 aliphatic rings. The number of unbranched alkanes of at least 4 members (excludes halogenated alkanes) is 1. The molecule has 2 rings (SSSR count). The number of ether oxygens (including phenoxy) is 1. The van der Waals surface area contributed by atoms with Gasteiger partial charge >= 0.3 is 12.0 Å². The van der Waals surface area contributed by atoms with Crippen molar-refractivity contribution in [3.8, 4) is 6.01 Å². The summed E-state index contributed by atoms with van der Waals surface area (Å²) in [5, 5.41) is 9.17. The number of aryl methyl sites for hydroxylation is 3. The van der Waals surface area contributed by atoms with E-state index < -0.39 is 11.9 Å². The number of hydrogen-bond donors (Lipinski definition) is 2. The third-order valence-corrected chi connectivity index (χ3v) is 4.86. The average molecular weight is 400 g/mol. The predicted octanol–water partition coefficient (Wildman–Crippen LogP) is 3.01. The normalized spacial score (nSPS) is 11.8. The van der Waals surface area contributed by atoms with Crippen LogP contribution in [0.5, 0.6) is 6.01 Å². The molecule has 1 atom stereocenters. The molecule has 2 aromatic rings. The first kappa shape index (κ1) is 22.3. The van der Waals surface area contributed by atoms with Crippen LogP contribution in [0.15, 0.2) is 18.5 Å². The van der Waals surface area contributed by atoms with Crippen LogP contribution in [0.1, 0.15) is 60.4 Å². The molecule has 0 bridgehead atoms. The quantitative estimate of drug-likeness (QED) is 0.551. The summed E-state index contributed by atoms with van der Waals surface area (Å²) in [6.45, 7) is 3.94. The predicted molar refractivity (Wildman–Crippen MR) is 109 cm³/mol. The summed E-state index contributed by atoms with van der Waals surface area (Å²) < 4.78 is 4.92. The standard InChI is InChI=1S/C21H28N4O4/c1-13-8-14(2)20(22)25-18(13)7-5-4-6-17(26)9-15(10-19(27)28)16-11-23-21(29-3)24-12-16/h8,11-12,15H,4-7,9-10H2,1-3H3,(H2,22,25)(H,27,28). The first-order valence-corrected chi connectivity index (χ1v) is 9.62.